The zero-order valence-corrected chi connectivity index (χ0v) is 17.6. The fourth-order valence-electron chi connectivity index (χ4n) is 3.44. The van der Waals surface area contributed by atoms with E-state index in [1.54, 1.807) is 32.0 Å². The molecule has 0 atom stereocenters. The standard InChI is InChI=1S/C19H26N4O5S/c1-13-19(14(2)22-21-13)29(25,26)23-10-8-15(9-11-23)20-18(24)12-28-17-7-5-4-6-16(17)27-3/h4-7,15H,8-12H2,1-3H3,(H,20,24)(H,21,22). The highest BCUT2D eigenvalue weighted by Crippen LogP contribution is 2.26. The molecule has 10 heteroatoms. The number of aromatic nitrogens is 2. The molecule has 2 N–H and O–H groups in total. The Hall–Kier alpha value is -2.59. The number of para-hydroxylation sites is 2. The van der Waals surface area contributed by atoms with Gasteiger partial charge in [-0.05, 0) is 38.8 Å². The van der Waals surface area contributed by atoms with E-state index < -0.39 is 10.0 Å². The van der Waals surface area contributed by atoms with Crippen LogP contribution in [-0.2, 0) is 14.8 Å². The number of amides is 1. The van der Waals surface area contributed by atoms with Crippen LogP contribution in [0.15, 0.2) is 29.2 Å². The highest BCUT2D eigenvalue weighted by molar-refractivity contribution is 7.89. The van der Waals surface area contributed by atoms with Gasteiger partial charge in [0.2, 0.25) is 10.0 Å². The van der Waals surface area contributed by atoms with Gasteiger partial charge in [-0.25, -0.2) is 8.42 Å². The number of benzene rings is 1. The van der Waals surface area contributed by atoms with Crippen molar-refractivity contribution in [2.45, 2.75) is 37.6 Å². The molecule has 1 aromatic heterocycles. The van der Waals surface area contributed by atoms with Crippen molar-refractivity contribution in [2.75, 3.05) is 26.8 Å². The molecule has 158 valence electrons. The van der Waals surface area contributed by atoms with Gasteiger partial charge in [0.1, 0.15) is 4.90 Å². The number of H-pyrrole nitrogens is 1. The van der Waals surface area contributed by atoms with Crippen molar-refractivity contribution in [1.82, 2.24) is 19.8 Å². The molecule has 0 bridgehead atoms. The van der Waals surface area contributed by atoms with Crippen molar-refractivity contribution in [3.05, 3.63) is 35.7 Å². The van der Waals surface area contributed by atoms with E-state index in [0.29, 0.717) is 48.8 Å². The number of nitrogens with zero attached hydrogens (tertiary/aromatic N) is 2. The van der Waals surface area contributed by atoms with Gasteiger partial charge in [0.05, 0.1) is 18.5 Å². The third-order valence-electron chi connectivity index (χ3n) is 4.91. The molecule has 0 unspecified atom stereocenters. The van der Waals surface area contributed by atoms with E-state index in [1.165, 1.54) is 11.4 Å². The van der Waals surface area contributed by atoms with E-state index >= 15 is 0 Å². The average Bonchev–Trinajstić information content (AvgIpc) is 3.06. The monoisotopic (exact) mass is 422 g/mol. The molecule has 2 heterocycles. The molecule has 0 spiro atoms. The number of carbonyl (C=O) groups is 1. The quantitative estimate of drug-likeness (QED) is 0.697. The van der Waals surface area contributed by atoms with Crippen molar-refractivity contribution < 1.29 is 22.7 Å². The molecular weight excluding hydrogens is 396 g/mol. The summed E-state index contributed by atoms with van der Waals surface area (Å²) in [5.41, 5.74) is 0.998. The molecule has 1 amide bonds. The molecular formula is C19H26N4O5S. The first kappa shape index (κ1) is 21.1. The Morgan fingerprint density at radius 2 is 1.90 bits per heavy atom. The summed E-state index contributed by atoms with van der Waals surface area (Å²) in [4.78, 5) is 12.5. The summed E-state index contributed by atoms with van der Waals surface area (Å²) < 4.78 is 37.9. The van der Waals surface area contributed by atoms with Crippen molar-refractivity contribution in [2.24, 2.45) is 0 Å². The first-order valence-corrected chi connectivity index (χ1v) is 10.8. The van der Waals surface area contributed by atoms with Crippen LogP contribution in [0, 0.1) is 13.8 Å². The Morgan fingerprint density at radius 1 is 1.24 bits per heavy atom. The summed E-state index contributed by atoms with van der Waals surface area (Å²) in [6.45, 7) is 3.91. The van der Waals surface area contributed by atoms with Crippen molar-refractivity contribution >= 4 is 15.9 Å². The number of sulfonamides is 1. The summed E-state index contributed by atoms with van der Waals surface area (Å²) >= 11 is 0. The molecule has 0 radical (unpaired) electrons. The molecule has 2 aromatic rings. The highest BCUT2D eigenvalue weighted by Gasteiger charge is 2.33. The van der Waals surface area contributed by atoms with E-state index in [2.05, 4.69) is 15.5 Å². The van der Waals surface area contributed by atoms with E-state index in [1.807, 2.05) is 6.07 Å². The molecule has 0 aliphatic carbocycles. The first-order valence-electron chi connectivity index (χ1n) is 9.40. The minimum Gasteiger partial charge on any atom is -0.493 e. The van der Waals surface area contributed by atoms with Gasteiger partial charge in [0.25, 0.3) is 5.91 Å². The van der Waals surface area contributed by atoms with Crippen LogP contribution >= 0.6 is 0 Å². The van der Waals surface area contributed by atoms with E-state index in [9.17, 15) is 13.2 Å². The number of hydrogen-bond acceptors (Lipinski definition) is 6. The van der Waals surface area contributed by atoms with Gasteiger partial charge in [0, 0.05) is 19.1 Å². The topological polar surface area (TPSA) is 114 Å². The normalized spacial score (nSPS) is 15.8. The summed E-state index contributed by atoms with van der Waals surface area (Å²) in [6.07, 6.45) is 1.07. The number of ether oxygens (including phenoxy) is 2. The largest absolute Gasteiger partial charge is 0.493 e. The summed E-state index contributed by atoms with van der Waals surface area (Å²) in [7, 11) is -2.06. The third kappa shape index (κ3) is 4.70. The van der Waals surface area contributed by atoms with Gasteiger partial charge in [-0.3, -0.25) is 9.89 Å². The van der Waals surface area contributed by atoms with Crippen LogP contribution in [0.3, 0.4) is 0 Å². The van der Waals surface area contributed by atoms with Crippen LogP contribution in [0.4, 0.5) is 0 Å². The number of aromatic amines is 1. The zero-order chi connectivity index (χ0) is 21.0. The second kappa shape index (κ2) is 8.83. The fourth-order valence-corrected chi connectivity index (χ4v) is 5.24. The number of hydrogen-bond donors (Lipinski definition) is 2. The molecule has 0 saturated carbocycles. The fraction of sp³-hybridized carbons (Fsp3) is 0.474. The Kier molecular flexibility index (Phi) is 6.43. The lowest BCUT2D eigenvalue weighted by molar-refractivity contribution is -0.124. The number of piperidine rings is 1. The minimum absolute atomic E-state index is 0.0956. The minimum atomic E-state index is -3.60. The molecule has 29 heavy (non-hydrogen) atoms. The molecule has 9 nitrogen and oxygen atoms in total. The number of aryl methyl sites for hydroxylation is 2. The molecule has 1 fully saturated rings. The Morgan fingerprint density at radius 3 is 2.48 bits per heavy atom. The van der Waals surface area contributed by atoms with Crippen molar-refractivity contribution in [3.63, 3.8) is 0 Å². The highest BCUT2D eigenvalue weighted by atomic mass is 32.2. The van der Waals surface area contributed by atoms with Gasteiger partial charge in [-0.1, -0.05) is 12.1 Å². The van der Waals surface area contributed by atoms with Gasteiger partial charge in [-0.2, -0.15) is 9.40 Å². The third-order valence-corrected chi connectivity index (χ3v) is 7.07. The predicted molar refractivity (Wildman–Crippen MR) is 106 cm³/mol. The lowest BCUT2D eigenvalue weighted by atomic mass is 10.1. The maximum Gasteiger partial charge on any atom is 0.258 e. The molecule has 1 saturated heterocycles. The lowest BCUT2D eigenvalue weighted by Gasteiger charge is -2.31. The second-order valence-electron chi connectivity index (χ2n) is 6.95. The Bertz CT molecular complexity index is 945. The van der Waals surface area contributed by atoms with Crippen LogP contribution in [0.1, 0.15) is 24.2 Å². The van der Waals surface area contributed by atoms with Crippen LogP contribution in [0.25, 0.3) is 0 Å². The van der Waals surface area contributed by atoms with Crippen LogP contribution in [0.5, 0.6) is 11.5 Å². The summed E-state index contributed by atoms with van der Waals surface area (Å²) in [5.74, 6) is 0.805. The van der Waals surface area contributed by atoms with E-state index in [4.69, 9.17) is 9.47 Å². The molecule has 1 aliphatic rings. The number of nitrogens with one attached hydrogen (secondary N) is 2. The van der Waals surface area contributed by atoms with Gasteiger partial charge in [0.15, 0.2) is 18.1 Å². The SMILES string of the molecule is COc1ccccc1OCC(=O)NC1CCN(S(=O)(=O)c2c(C)n[nH]c2C)CC1. The van der Waals surface area contributed by atoms with Crippen LogP contribution in [-0.4, -0.2) is 61.7 Å². The maximum atomic E-state index is 12.9. The summed E-state index contributed by atoms with van der Waals surface area (Å²) in [5, 5.41) is 9.61. The smallest absolute Gasteiger partial charge is 0.258 e. The Labute approximate surface area is 170 Å². The number of methoxy groups -OCH3 is 1. The van der Waals surface area contributed by atoms with Gasteiger partial charge in [-0.15, -0.1) is 0 Å². The molecule has 1 aliphatic heterocycles. The van der Waals surface area contributed by atoms with E-state index in [-0.39, 0.29) is 23.5 Å². The maximum absolute atomic E-state index is 12.9. The molecule has 1 aromatic carbocycles. The van der Waals surface area contributed by atoms with Gasteiger partial charge >= 0.3 is 0 Å². The summed E-state index contributed by atoms with van der Waals surface area (Å²) in [6, 6.07) is 7.01. The van der Waals surface area contributed by atoms with Gasteiger partial charge < -0.3 is 14.8 Å². The first-order chi connectivity index (χ1) is 13.8. The van der Waals surface area contributed by atoms with E-state index in [0.717, 1.165) is 0 Å². The molecule has 3 rings (SSSR count). The number of rotatable bonds is 7. The second-order valence-corrected chi connectivity index (χ2v) is 8.82. The Balaban J connectivity index is 1.51. The average molecular weight is 423 g/mol. The van der Waals surface area contributed by atoms with Crippen LogP contribution < -0.4 is 14.8 Å². The zero-order valence-electron chi connectivity index (χ0n) is 16.8. The number of carbonyl (C=O) groups excluding carboxylic acids is 1. The van der Waals surface area contributed by atoms with Crippen molar-refractivity contribution in [3.8, 4) is 11.5 Å². The van der Waals surface area contributed by atoms with Crippen LogP contribution in [0.2, 0.25) is 0 Å². The predicted octanol–water partition coefficient (Wildman–Crippen LogP) is 1.38. The van der Waals surface area contributed by atoms with Crippen molar-refractivity contribution in [1.29, 1.82) is 0 Å². The lowest BCUT2D eigenvalue weighted by Crippen LogP contribution is -2.47.